The molecule has 2 aromatic rings. The highest BCUT2D eigenvalue weighted by Crippen LogP contribution is 2.26. The lowest BCUT2D eigenvalue weighted by Crippen LogP contribution is -2.51. The second-order valence-corrected chi connectivity index (χ2v) is 10.1. The number of aryl methyl sites for hydroxylation is 1. The lowest BCUT2D eigenvalue weighted by atomic mass is 9.94. The van der Waals surface area contributed by atoms with Crippen molar-refractivity contribution in [1.29, 1.82) is 0 Å². The van der Waals surface area contributed by atoms with Crippen LogP contribution in [0.25, 0.3) is 6.08 Å². The van der Waals surface area contributed by atoms with E-state index in [1.807, 2.05) is 0 Å². The van der Waals surface area contributed by atoms with Crippen LogP contribution < -0.4 is 4.90 Å². The van der Waals surface area contributed by atoms with Crippen LogP contribution in [0.15, 0.2) is 54.1 Å². The van der Waals surface area contributed by atoms with Crippen LogP contribution in [0.2, 0.25) is 0 Å². The van der Waals surface area contributed by atoms with Gasteiger partial charge in [-0.05, 0) is 69.5 Å². The number of benzene rings is 2. The summed E-state index contributed by atoms with van der Waals surface area (Å²) in [4.78, 5) is 38.4. The van der Waals surface area contributed by atoms with E-state index >= 15 is 0 Å². The second kappa shape index (κ2) is 13.8. The number of carbonyl (C=O) groups excluding carboxylic acids is 1. The predicted molar refractivity (Wildman–Crippen MR) is 149 cm³/mol. The summed E-state index contributed by atoms with van der Waals surface area (Å²) in [5.74, 6) is -3.08. The van der Waals surface area contributed by atoms with Gasteiger partial charge in [-0.15, -0.1) is 0 Å². The minimum Gasteiger partial charge on any atom is -0.473 e. The number of likely N-dealkylation sites (tertiary alicyclic amines) is 1. The van der Waals surface area contributed by atoms with E-state index < -0.39 is 11.9 Å². The number of amides is 1. The van der Waals surface area contributed by atoms with Gasteiger partial charge in [-0.2, -0.15) is 0 Å². The summed E-state index contributed by atoms with van der Waals surface area (Å²) in [7, 11) is 0. The van der Waals surface area contributed by atoms with E-state index in [0.29, 0.717) is 5.91 Å². The molecule has 0 aromatic heterocycles. The number of piperidine rings is 1. The van der Waals surface area contributed by atoms with Crippen molar-refractivity contribution < 1.29 is 24.6 Å². The number of anilines is 1. The van der Waals surface area contributed by atoms with Crippen LogP contribution in [0.1, 0.15) is 36.5 Å². The first-order valence-electron chi connectivity index (χ1n) is 13.2. The van der Waals surface area contributed by atoms with E-state index in [-0.39, 0.29) is 5.92 Å². The van der Waals surface area contributed by atoms with Crippen molar-refractivity contribution in [1.82, 2.24) is 9.80 Å². The molecule has 8 nitrogen and oxygen atoms in total. The third-order valence-electron chi connectivity index (χ3n) is 7.31. The third-order valence-corrected chi connectivity index (χ3v) is 7.31. The van der Waals surface area contributed by atoms with Crippen molar-refractivity contribution >= 4 is 29.6 Å². The van der Waals surface area contributed by atoms with Gasteiger partial charge in [-0.1, -0.05) is 54.1 Å². The largest absolute Gasteiger partial charge is 0.473 e. The van der Waals surface area contributed by atoms with Gasteiger partial charge in [0.2, 0.25) is 5.91 Å². The molecule has 0 unspecified atom stereocenters. The Bertz CT molecular complexity index is 1120. The fraction of sp³-hybridized carbons (Fsp3) is 0.433. The molecule has 2 aromatic carbocycles. The summed E-state index contributed by atoms with van der Waals surface area (Å²) >= 11 is 0. The molecule has 2 aliphatic rings. The van der Waals surface area contributed by atoms with E-state index in [9.17, 15) is 4.79 Å². The van der Waals surface area contributed by atoms with Gasteiger partial charge in [-0.25, -0.2) is 9.59 Å². The molecule has 2 saturated heterocycles. The highest BCUT2D eigenvalue weighted by Gasteiger charge is 2.30. The Morgan fingerprint density at radius 1 is 0.842 bits per heavy atom. The van der Waals surface area contributed by atoms with Gasteiger partial charge in [0.15, 0.2) is 0 Å². The molecule has 204 valence electrons. The predicted octanol–water partition coefficient (Wildman–Crippen LogP) is 3.92. The van der Waals surface area contributed by atoms with Crippen LogP contribution >= 0.6 is 0 Å². The van der Waals surface area contributed by atoms with Crippen molar-refractivity contribution in [3.63, 3.8) is 0 Å². The Kier molecular flexibility index (Phi) is 10.5. The zero-order valence-corrected chi connectivity index (χ0v) is 22.6. The zero-order chi connectivity index (χ0) is 27.7. The molecule has 0 aliphatic carbocycles. The maximum absolute atomic E-state index is 13.2. The van der Waals surface area contributed by atoms with Crippen molar-refractivity contribution in [3.05, 3.63) is 70.8 Å². The minimum atomic E-state index is -1.82. The molecule has 1 amide bonds. The number of nitrogens with zero attached hydrogens (tertiary/aromatic N) is 3. The van der Waals surface area contributed by atoms with Crippen LogP contribution in [0.4, 0.5) is 5.69 Å². The SMILES string of the molecule is CC(=Cc1ccccc1)CN1CCC(C(=O)N2CCN(c3cccc(C)c3C)CC2)CC1.O=C(O)C(=O)O. The number of rotatable bonds is 5. The Balaban J connectivity index is 0.000000599. The van der Waals surface area contributed by atoms with E-state index in [1.54, 1.807) is 0 Å². The Labute approximate surface area is 225 Å². The van der Waals surface area contributed by atoms with Crippen molar-refractivity contribution in [2.45, 2.75) is 33.6 Å². The Morgan fingerprint density at radius 2 is 1.45 bits per heavy atom. The maximum atomic E-state index is 13.2. The average Bonchev–Trinajstić information content (AvgIpc) is 2.91. The molecule has 4 rings (SSSR count). The number of carbonyl (C=O) groups is 3. The van der Waals surface area contributed by atoms with Crippen LogP contribution in [-0.4, -0.2) is 83.7 Å². The fourth-order valence-corrected chi connectivity index (χ4v) is 5.07. The number of hydrogen-bond donors (Lipinski definition) is 2. The molecule has 2 N–H and O–H groups in total. The van der Waals surface area contributed by atoms with Crippen LogP contribution in [0.5, 0.6) is 0 Å². The summed E-state index contributed by atoms with van der Waals surface area (Å²) in [6.45, 7) is 13.1. The number of carboxylic acid groups (broad SMARTS) is 2. The maximum Gasteiger partial charge on any atom is 0.414 e. The molecule has 2 heterocycles. The van der Waals surface area contributed by atoms with Gasteiger partial charge in [0.05, 0.1) is 0 Å². The molecule has 0 bridgehead atoms. The monoisotopic (exact) mass is 521 g/mol. The Hall–Kier alpha value is -3.65. The molecule has 2 fully saturated rings. The molecule has 0 atom stereocenters. The number of aliphatic carboxylic acids is 2. The number of carboxylic acids is 2. The molecular formula is C30H39N3O5. The first-order valence-corrected chi connectivity index (χ1v) is 13.2. The van der Waals surface area contributed by atoms with Crippen LogP contribution in [-0.2, 0) is 14.4 Å². The van der Waals surface area contributed by atoms with Gasteiger partial charge in [0.1, 0.15) is 0 Å². The number of hydrogen-bond acceptors (Lipinski definition) is 5. The summed E-state index contributed by atoms with van der Waals surface area (Å²) in [5.41, 5.74) is 6.65. The molecule has 38 heavy (non-hydrogen) atoms. The Morgan fingerprint density at radius 3 is 2.03 bits per heavy atom. The van der Waals surface area contributed by atoms with Crippen LogP contribution in [0.3, 0.4) is 0 Å². The highest BCUT2D eigenvalue weighted by atomic mass is 16.4. The highest BCUT2D eigenvalue weighted by molar-refractivity contribution is 6.27. The lowest BCUT2D eigenvalue weighted by Gasteiger charge is -2.40. The minimum absolute atomic E-state index is 0.192. The zero-order valence-electron chi connectivity index (χ0n) is 22.6. The van der Waals surface area contributed by atoms with Gasteiger partial charge in [-0.3, -0.25) is 9.69 Å². The third kappa shape index (κ3) is 8.18. The number of piperazine rings is 1. The molecule has 8 heteroatoms. The van der Waals surface area contributed by atoms with Crippen molar-refractivity contribution in [2.75, 3.05) is 50.7 Å². The molecular weight excluding hydrogens is 482 g/mol. The van der Waals surface area contributed by atoms with Crippen LogP contribution in [0, 0.1) is 19.8 Å². The summed E-state index contributed by atoms with van der Waals surface area (Å²) < 4.78 is 0. The van der Waals surface area contributed by atoms with Gasteiger partial charge in [0, 0.05) is 44.3 Å². The first-order chi connectivity index (χ1) is 18.2. The van der Waals surface area contributed by atoms with E-state index in [2.05, 4.69) is 90.1 Å². The second-order valence-electron chi connectivity index (χ2n) is 10.1. The van der Waals surface area contributed by atoms with Gasteiger partial charge < -0.3 is 20.0 Å². The van der Waals surface area contributed by atoms with Crippen molar-refractivity contribution in [2.24, 2.45) is 5.92 Å². The molecule has 0 saturated carbocycles. The summed E-state index contributed by atoms with van der Waals surface area (Å²) in [6.07, 6.45) is 4.23. The topological polar surface area (TPSA) is 101 Å². The quantitative estimate of drug-likeness (QED) is 0.575. The van der Waals surface area contributed by atoms with E-state index in [4.69, 9.17) is 19.8 Å². The normalized spacial score (nSPS) is 17.0. The first kappa shape index (κ1) is 28.9. The standard InChI is InChI=1S/C28H37N3O.C2H2O4/c1-22(20-25-9-5-4-6-10-25)21-29-14-12-26(13-15-29)28(32)31-18-16-30(17-19-31)27-11-7-8-23(2)24(27)3;3-1(4)2(5)6/h4-11,20,26H,12-19,21H2,1-3H3;(H,3,4)(H,5,6). The molecule has 0 spiro atoms. The summed E-state index contributed by atoms with van der Waals surface area (Å²) in [6, 6.07) is 17.0. The average molecular weight is 522 g/mol. The summed E-state index contributed by atoms with van der Waals surface area (Å²) in [5, 5.41) is 14.8. The lowest BCUT2D eigenvalue weighted by molar-refractivity contribution is -0.159. The van der Waals surface area contributed by atoms with Gasteiger partial charge in [0.25, 0.3) is 0 Å². The molecule has 0 radical (unpaired) electrons. The smallest absolute Gasteiger partial charge is 0.414 e. The van der Waals surface area contributed by atoms with Gasteiger partial charge >= 0.3 is 11.9 Å². The van der Waals surface area contributed by atoms with E-state index in [1.165, 1.54) is 28.0 Å². The fourth-order valence-electron chi connectivity index (χ4n) is 5.07. The van der Waals surface area contributed by atoms with Crippen molar-refractivity contribution in [3.8, 4) is 0 Å². The molecule has 2 aliphatic heterocycles. The van der Waals surface area contributed by atoms with E-state index in [0.717, 1.165) is 58.7 Å².